The van der Waals surface area contributed by atoms with E-state index >= 15 is 0 Å². The first kappa shape index (κ1) is 17.4. The highest BCUT2D eigenvalue weighted by molar-refractivity contribution is 6.08. The molecule has 0 aliphatic carbocycles. The van der Waals surface area contributed by atoms with E-state index < -0.39 is 0 Å². The first-order valence-corrected chi connectivity index (χ1v) is 8.20. The van der Waals surface area contributed by atoms with Gasteiger partial charge in [0, 0.05) is 30.1 Å². The first-order valence-electron chi connectivity index (χ1n) is 8.20. The molecule has 0 saturated carbocycles. The van der Waals surface area contributed by atoms with Crippen LogP contribution in [0.2, 0.25) is 0 Å². The summed E-state index contributed by atoms with van der Waals surface area (Å²) in [5.74, 6) is 0.271. The van der Waals surface area contributed by atoms with E-state index in [1.165, 1.54) is 0 Å². The molecule has 26 heavy (non-hydrogen) atoms. The van der Waals surface area contributed by atoms with Gasteiger partial charge in [0.1, 0.15) is 5.75 Å². The van der Waals surface area contributed by atoms with Crippen LogP contribution in [-0.4, -0.2) is 23.3 Å². The van der Waals surface area contributed by atoms with E-state index in [0.717, 1.165) is 5.56 Å². The number of benzene rings is 2. The molecule has 0 unspecified atom stereocenters. The molecule has 1 aromatic heterocycles. The maximum Gasteiger partial charge on any atom is 0.258 e. The van der Waals surface area contributed by atoms with Crippen molar-refractivity contribution in [1.82, 2.24) is 10.3 Å². The zero-order valence-corrected chi connectivity index (χ0v) is 14.1. The lowest BCUT2D eigenvalue weighted by Crippen LogP contribution is -2.28. The van der Waals surface area contributed by atoms with Crippen molar-refractivity contribution >= 4 is 11.7 Å². The summed E-state index contributed by atoms with van der Waals surface area (Å²) in [6.45, 7) is 0.340. The van der Waals surface area contributed by atoms with Crippen LogP contribution >= 0.6 is 0 Å². The summed E-state index contributed by atoms with van der Waals surface area (Å²) in [7, 11) is 0. The van der Waals surface area contributed by atoms with Crippen LogP contribution in [0.5, 0.6) is 5.75 Å². The molecule has 3 aromatic rings. The standard InChI is InChI=1S/C21H18N2O3/c24-20(23-14-16-10-12-22-13-11-16)15-26-19-8-6-18(7-9-19)21(25)17-4-2-1-3-5-17/h1-13H,14-15H2,(H,23,24). The van der Waals surface area contributed by atoms with Crippen molar-refractivity contribution in [1.29, 1.82) is 0 Å². The monoisotopic (exact) mass is 346 g/mol. The molecule has 0 aliphatic rings. The molecule has 0 radical (unpaired) electrons. The van der Waals surface area contributed by atoms with E-state index in [-0.39, 0.29) is 18.3 Å². The van der Waals surface area contributed by atoms with Crippen molar-refractivity contribution in [2.75, 3.05) is 6.61 Å². The van der Waals surface area contributed by atoms with E-state index in [4.69, 9.17) is 4.74 Å². The number of rotatable bonds is 7. The van der Waals surface area contributed by atoms with Crippen molar-refractivity contribution in [3.63, 3.8) is 0 Å². The lowest BCUT2D eigenvalue weighted by atomic mass is 10.0. The van der Waals surface area contributed by atoms with Gasteiger partial charge in [-0.1, -0.05) is 30.3 Å². The number of ketones is 1. The molecule has 0 aliphatic heterocycles. The average molecular weight is 346 g/mol. The Balaban J connectivity index is 1.50. The zero-order chi connectivity index (χ0) is 18.2. The van der Waals surface area contributed by atoms with E-state index in [1.54, 1.807) is 48.8 Å². The summed E-state index contributed by atoms with van der Waals surface area (Å²) in [5, 5.41) is 2.77. The second-order valence-electron chi connectivity index (χ2n) is 5.64. The molecule has 0 saturated heterocycles. The van der Waals surface area contributed by atoms with Gasteiger partial charge in [0.15, 0.2) is 12.4 Å². The summed E-state index contributed by atoms with van der Waals surface area (Å²) in [5.41, 5.74) is 2.18. The van der Waals surface area contributed by atoms with E-state index in [1.807, 2.05) is 30.3 Å². The van der Waals surface area contributed by atoms with Gasteiger partial charge in [-0.2, -0.15) is 0 Å². The number of nitrogens with zero attached hydrogens (tertiary/aromatic N) is 1. The Labute approximate surface area is 151 Å². The van der Waals surface area contributed by atoms with Crippen LogP contribution in [0.3, 0.4) is 0 Å². The number of pyridine rings is 1. The molecule has 3 rings (SSSR count). The number of carbonyl (C=O) groups is 2. The van der Waals surface area contributed by atoms with Crippen molar-refractivity contribution < 1.29 is 14.3 Å². The van der Waals surface area contributed by atoms with Gasteiger partial charge in [0.2, 0.25) is 0 Å². The molecule has 1 amide bonds. The minimum absolute atomic E-state index is 0.0488. The molecule has 0 spiro atoms. The molecule has 130 valence electrons. The van der Waals surface area contributed by atoms with Gasteiger partial charge in [0.25, 0.3) is 5.91 Å². The Bertz CT molecular complexity index is 863. The van der Waals surface area contributed by atoms with E-state index in [9.17, 15) is 9.59 Å². The molecule has 5 nitrogen and oxygen atoms in total. The fourth-order valence-corrected chi connectivity index (χ4v) is 2.36. The van der Waals surface area contributed by atoms with Crippen molar-refractivity contribution in [3.05, 3.63) is 95.8 Å². The van der Waals surface area contributed by atoms with Gasteiger partial charge < -0.3 is 10.1 Å². The van der Waals surface area contributed by atoms with Gasteiger partial charge in [-0.3, -0.25) is 14.6 Å². The molecule has 1 N–H and O–H groups in total. The molecular weight excluding hydrogens is 328 g/mol. The van der Waals surface area contributed by atoms with Gasteiger partial charge in [0.05, 0.1) is 0 Å². The topological polar surface area (TPSA) is 68.3 Å². The lowest BCUT2D eigenvalue weighted by molar-refractivity contribution is -0.123. The molecule has 5 heteroatoms. The number of hydrogen-bond donors (Lipinski definition) is 1. The van der Waals surface area contributed by atoms with Crippen LogP contribution in [0.25, 0.3) is 0 Å². The highest BCUT2D eigenvalue weighted by Crippen LogP contribution is 2.15. The van der Waals surface area contributed by atoms with Crippen molar-refractivity contribution in [2.24, 2.45) is 0 Å². The van der Waals surface area contributed by atoms with Crippen LogP contribution in [0.4, 0.5) is 0 Å². The summed E-state index contributed by atoms with van der Waals surface area (Å²) in [6.07, 6.45) is 3.35. The summed E-state index contributed by atoms with van der Waals surface area (Å²) in [4.78, 5) is 28.1. The summed E-state index contributed by atoms with van der Waals surface area (Å²) < 4.78 is 5.46. The normalized spacial score (nSPS) is 10.2. The number of ether oxygens (including phenoxy) is 1. The second kappa shape index (κ2) is 8.58. The third-order valence-corrected chi connectivity index (χ3v) is 3.76. The highest BCUT2D eigenvalue weighted by Gasteiger charge is 2.09. The Morgan fingerprint density at radius 1 is 0.846 bits per heavy atom. The molecule has 2 aromatic carbocycles. The zero-order valence-electron chi connectivity index (χ0n) is 14.1. The van der Waals surface area contributed by atoms with E-state index in [0.29, 0.717) is 23.4 Å². The number of nitrogens with one attached hydrogen (secondary N) is 1. The Kier molecular flexibility index (Phi) is 5.72. The van der Waals surface area contributed by atoms with Gasteiger partial charge >= 0.3 is 0 Å². The Hall–Kier alpha value is -3.47. The molecular formula is C21H18N2O3. The fourth-order valence-electron chi connectivity index (χ4n) is 2.36. The smallest absolute Gasteiger partial charge is 0.258 e. The molecule has 0 atom stereocenters. The summed E-state index contributed by atoms with van der Waals surface area (Å²) >= 11 is 0. The van der Waals surface area contributed by atoms with Crippen LogP contribution in [0, 0.1) is 0 Å². The van der Waals surface area contributed by atoms with Crippen LogP contribution < -0.4 is 10.1 Å². The predicted molar refractivity (Wildman–Crippen MR) is 97.9 cm³/mol. The maximum atomic E-state index is 12.3. The Morgan fingerprint density at radius 3 is 2.19 bits per heavy atom. The van der Waals surface area contributed by atoms with Crippen LogP contribution in [-0.2, 0) is 11.3 Å². The average Bonchev–Trinajstić information content (AvgIpc) is 2.72. The van der Waals surface area contributed by atoms with E-state index in [2.05, 4.69) is 10.3 Å². The number of aromatic nitrogens is 1. The van der Waals surface area contributed by atoms with Gasteiger partial charge in [-0.25, -0.2) is 0 Å². The van der Waals surface area contributed by atoms with Crippen molar-refractivity contribution in [3.8, 4) is 5.75 Å². The van der Waals surface area contributed by atoms with Gasteiger partial charge in [-0.05, 0) is 42.0 Å². The number of amides is 1. The SMILES string of the molecule is O=C(COc1ccc(C(=O)c2ccccc2)cc1)NCc1ccncc1. The fraction of sp³-hybridized carbons (Fsp3) is 0.0952. The molecule has 1 heterocycles. The molecule has 0 bridgehead atoms. The summed E-state index contributed by atoms with van der Waals surface area (Å²) in [6, 6.07) is 19.5. The highest BCUT2D eigenvalue weighted by atomic mass is 16.5. The largest absolute Gasteiger partial charge is 0.484 e. The minimum atomic E-state index is -0.216. The lowest BCUT2D eigenvalue weighted by Gasteiger charge is -2.08. The van der Waals surface area contributed by atoms with Crippen molar-refractivity contribution in [2.45, 2.75) is 6.54 Å². The number of hydrogen-bond acceptors (Lipinski definition) is 4. The third-order valence-electron chi connectivity index (χ3n) is 3.76. The number of carbonyl (C=O) groups excluding carboxylic acids is 2. The van der Waals surface area contributed by atoms with Crippen LogP contribution in [0.1, 0.15) is 21.5 Å². The van der Waals surface area contributed by atoms with Gasteiger partial charge in [-0.15, -0.1) is 0 Å². The molecule has 0 fully saturated rings. The third kappa shape index (κ3) is 4.77. The first-order chi connectivity index (χ1) is 12.7. The minimum Gasteiger partial charge on any atom is -0.484 e. The second-order valence-corrected chi connectivity index (χ2v) is 5.64. The predicted octanol–water partition coefficient (Wildman–Crippen LogP) is 3.01. The van der Waals surface area contributed by atoms with Crippen LogP contribution in [0.15, 0.2) is 79.1 Å². The quantitative estimate of drug-likeness (QED) is 0.668. The Morgan fingerprint density at radius 2 is 1.50 bits per heavy atom. The maximum absolute atomic E-state index is 12.3.